The minimum Gasteiger partial charge on any atom is -0.507 e. The lowest BCUT2D eigenvalue weighted by Crippen LogP contribution is -2.22. The van der Waals surface area contributed by atoms with Gasteiger partial charge in [0.05, 0.1) is 12.7 Å². The maximum Gasteiger partial charge on any atom is 0.123 e. The maximum absolute atomic E-state index is 9.89. The smallest absolute Gasteiger partial charge is 0.123 e. The first-order valence-corrected chi connectivity index (χ1v) is 6.32. The molecule has 0 aliphatic heterocycles. The van der Waals surface area contributed by atoms with Crippen molar-refractivity contribution in [3.05, 3.63) is 42.5 Å². The largest absolute Gasteiger partial charge is 0.507 e. The molecule has 0 aromatic heterocycles. The Labute approximate surface area is 117 Å². The van der Waals surface area contributed by atoms with Crippen LogP contribution in [0.1, 0.15) is 0 Å². The number of benzene rings is 2. The van der Waals surface area contributed by atoms with Gasteiger partial charge >= 0.3 is 0 Å². The lowest BCUT2D eigenvalue weighted by Gasteiger charge is -2.13. The van der Waals surface area contributed by atoms with Gasteiger partial charge in [0, 0.05) is 29.0 Å². The Bertz CT molecular complexity index is 587. The summed E-state index contributed by atoms with van der Waals surface area (Å²) >= 11 is 0. The monoisotopic (exact) mass is 274 g/mol. The normalized spacial score (nSPS) is 12.1. The number of aliphatic hydroxyl groups excluding tert-OH is 2. The average Bonchev–Trinajstić information content (AvgIpc) is 2.47. The topological polar surface area (TPSA) is 98.7 Å². The summed E-state index contributed by atoms with van der Waals surface area (Å²) in [5, 5.41) is 31.0. The molecule has 0 bridgehead atoms. The zero-order valence-corrected chi connectivity index (χ0v) is 11.0. The molecule has 0 saturated carbocycles. The molecule has 0 saturated heterocycles. The number of hydrogen-bond acceptors (Lipinski definition) is 5. The zero-order valence-electron chi connectivity index (χ0n) is 11.0. The highest BCUT2D eigenvalue weighted by Gasteiger charge is 2.09. The van der Waals surface area contributed by atoms with Gasteiger partial charge in [-0.2, -0.15) is 0 Å². The van der Waals surface area contributed by atoms with E-state index >= 15 is 0 Å². The molecule has 20 heavy (non-hydrogen) atoms. The molecule has 6 N–H and O–H groups in total. The van der Waals surface area contributed by atoms with Gasteiger partial charge in [-0.05, 0) is 24.3 Å². The number of hydrogen-bond donors (Lipinski definition) is 5. The first-order chi connectivity index (χ1) is 9.61. The minimum absolute atomic E-state index is 0.159. The molecule has 0 fully saturated rings. The second kappa shape index (κ2) is 6.27. The van der Waals surface area contributed by atoms with Gasteiger partial charge < -0.3 is 26.4 Å². The van der Waals surface area contributed by atoms with E-state index in [1.807, 2.05) is 6.07 Å². The van der Waals surface area contributed by atoms with E-state index in [-0.39, 0.29) is 18.9 Å². The van der Waals surface area contributed by atoms with Crippen LogP contribution in [-0.4, -0.2) is 34.6 Å². The van der Waals surface area contributed by atoms with E-state index in [1.54, 1.807) is 36.4 Å². The van der Waals surface area contributed by atoms with Crippen LogP contribution in [0.2, 0.25) is 0 Å². The van der Waals surface area contributed by atoms with Crippen molar-refractivity contribution in [2.24, 2.45) is 0 Å². The van der Waals surface area contributed by atoms with E-state index in [4.69, 9.17) is 10.8 Å². The molecule has 2 aromatic carbocycles. The van der Waals surface area contributed by atoms with E-state index in [1.165, 1.54) is 0 Å². The molecule has 2 rings (SSSR count). The molecular formula is C15H18N2O3. The molecule has 5 nitrogen and oxygen atoms in total. The predicted molar refractivity (Wildman–Crippen MR) is 79.5 cm³/mol. The molecule has 0 heterocycles. The summed E-state index contributed by atoms with van der Waals surface area (Å²) < 4.78 is 0. The second-order valence-corrected chi connectivity index (χ2v) is 4.54. The molecular weight excluding hydrogens is 256 g/mol. The van der Waals surface area contributed by atoms with Crippen molar-refractivity contribution in [2.75, 3.05) is 24.2 Å². The molecule has 1 unspecified atom stereocenters. The Morgan fingerprint density at radius 2 is 1.85 bits per heavy atom. The number of anilines is 2. The first-order valence-electron chi connectivity index (χ1n) is 6.32. The van der Waals surface area contributed by atoms with Gasteiger partial charge in [-0.25, -0.2) is 0 Å². The highest BCUT2D eigenvalue weighted by Crippen LogP contribution is 2.34. The molecule has 1 atom stereocenters. The predicted octanol–water partition coefficient (Wildman–Crippen LogP) is 1.41. The average molecular weight is 274 g/mol. The van der Waals surface area contributed by atoms with Crippen molar-refractivity contribution in [3.63, 3.8) is 0 Å². The third-order valence-corrected chi connectivity index (χ3v) is 3.00. The Balaban J connectivity index is 2.28. The fraction of sp³-hybridized carbons (Fsp3) is 0.200. The number of aromatic hydroxyl groups is 1. The summed E-state index contributed by atoms with van der Waals surface area (Å²) in [6.45, 7) is -0.0606. The van der Waals surface area contributed by atoms with Crippen LogP contribution in [0.15, 0.2) is 42.5 Å². The van der Waals surface area contributed by atoms with Gasteiger partial charge in [0.15, 0.2) is 0 Å². The van der Waals surface area contributed by atoms with Crippen LogP contribution >= 0.6 is 0 Å². The van der Waals surface area contributed by atoms with Crippen molar-refractivity contribution in [1.82, 2.24) is 0 Å². The maximum atomic E-state index is 9.89. The fourth-order valence-corrected chi connectivity index (χ4v) is 1.90. The summed E-state index contributed by atoms with van der Waals surface area (Å²) in [4.78, 5) is 0. The molecule has 0 aliphatic carbocycles. The van der Waals surface area contributed by atoms with Gasteiger partial charge in [-0.1, -0.05) is 18.2 Å². The van der Waals surface area contributed by atoms with E-state index in [2.05, 4.69) is 5.32 Å². The van der Waals surface area contributed by atoms with Crippen LogP contribution in [0.4, 0.5) is 11.4 Å². The number of nitrogen functional groups attached to an aromatic ring is 1. The van der Waals surface area contributed by atoms with Crippen LogP contribution in [0.25, 0.3) is 11.1 Å². The fourth-order valence-electron chi connectivity index (χ4n) is 1.90. The van der Waals surface area contributed by atoms with Crippen molar-refractivity contribution in [3.8, 4) is 16.9 Å². The number of para-hydroxylation sites is 1. The number of rotatable bonds is 5. The van der Waals surface area contributed by atoms with Crippen molar-refractivity contribution >= 4 is 11.4 Å². The van der Waals surface area contributed by atoms with Crippen molar-refractivity contribution in [1.29, 1.82) is 0 Å². The van der Waals surface area contributed by atoms with Crippen LogP contribution in [0.3, 0.4) is 0 Å². The van der Waals surface area contributed by atoms with Gasteiger partial charge in [0.2, 0.25) is 0 Å². The van der Waals surface area contributed by atoms with Crippen LogP contribution < -0.4 is 11.1 Å². The standard InChI is InChI=1S/C15H18N2O3/c16-14-6-5-10(17-8-11(19)9-18)7-13(14)12-3-1-2-4-15(12)20/h1-7,11,17-20H,8-9,16H2. The third-order valence-electron chi connectivity index (χ3n) is 3.00. The van der Waals surface area contributed by atoms with Gasteiger partial charge in [0.1, 0.15) is 5.75 Å². The Morgan fingerprint density at radius 3 is 2.55 bits per heavy atom. The third kappa shape index (κ3) is 3.20. The van der Waals surface area contributed by atoms with Crippen LogP contribution in [0, 0.1) is 0 Å². The molecule has 2 aromatic rings. The van der Waals surface area contributed by atoms with Gasteiger partial charge in [0.25, 0.3) is 0 Å². The Morgan fingerprint density at radius 1 is 1.10 bits per heavy atom. The molecule has 0 radical (unpaired) electrons. The minimum atomic E-state index is -0.818. The number of nitrogens with two attached hydrogens (primary N) is 1. The molecule has 0 amide bonds. The number of phenolic OH excluding ortho intramolecular Hbond substituents is 1. The first kappa shape index (κ1) is 14.2. The lowest BCUT2D eigenvalue weighted by molar-refractivity contribution is 0.105. The molecule has 0 aliphatic rings. The van der Waals surface area contributed by atoms with E-state index < -0.39 is 6.10 Å². The summed E-state index contributed by atoms with van der Waals surface area (Å²) in [6.07, 6.45) is -0.818. The van der Waals surface area contributed by atoms with Crippen LogP contribution in [0.5, 0.6) is 5.75 Å². The number of phenols is 1. The lowest BCUT2D eigenvalue weighted by atomic mass is 10.0. The highest BCUT2D eigenvalue weighted by molar-refractivity contribution is 5.82. The zero-order chi connectivity index (χ0) is 14.5. The SMILES string of the molecule is Nc1ccc(NCC(O)CO)cc1-c1ccccc1O. The molecule has 0 spiro atoms. The van der Waals surface area contributed by atoms with E-state index in [0.29, 0.717) is 16.8 Å². The summed E-state index contributed by atoms with van der Waals surface area (Å²) in [6, 6.07) is 12.3. The van der Waals surface area contributed by atoms with Gasteiger partial charge in [-0.3, -0.25) is 0 Å². The van der Waals surface area contributed by atoms with Crippen molar-refractivity contribution in [2.45, 2.75) is 6.10 Å². The summed E-state index contributed by atoms with van der Waals surface area (Å²) in [5.41, 5.74) is 8.62. The molecule has 106 valence electrons. The van der Waals surface area contributed by atoms with E-state index in [0.717, 1.165) is 5.69 Å². The van der Waals surface area contributed by atoms with Gasteiger partial charge in [-0.15, -0.1) is 0 Å². The second-order valence-electron chi connectivity index (χ2n) is 4.54. The molecule has 5 heteroatoms. The summed E-state index contributed by atoms with van der Waals surface area (Å²) in [5.74, 6) is 0.159. The highest BCUT2D eigenvalue weighted by atomic mass is 16.3. The Hall–Kier alpha value is -2.24. The number of nitrogens with one attached hydrogen (secondary N) is 1. The van der Waals surface area contributed by atoms with Crippen molar-refractivity contribution < 1.29 is 15.3 Å². The number of aliphatic hydroxyl groups is 2. The quantitative estimate of drug-likeness (QED) is 0.531. The van der Waals surface area contributed by atoms with Crippen LogP contribution in [-0.2, 0) is 0 Å². The summed E-state index contributed by atoms with van der Waals surface area (Å²) in [7, 11) is 0. The Kier molecular flexibility index (Phi) is 4.45. The van der Waals surface area contributed by atoms with E-state index in [9.17, 15) is 10.2 Å².